The molecule has 1 saturated heterocycles. The van der Waals surface area contributed by atoms with Crippen LogP contribution >= 0.6 is 12.2 Å². The zero-order valence-corrected chi connectivity index (χ0v) is 16.4. The highest BCUT2D eigenvalue weighted by molar-refractivity contribution is 7.80. The minimum absolute atomic E-state index is 0.0557. The van der Waals surface area contributed by atoms with Crippen molar-refractivity contribution in [2.24, 2.45) is 0 Å². The molecule has 0 bridgehead atoms. The van der Waals surface area contributed by atoms with Crippen LogP contribution in [0.25, 0.3) is 0 Å². The summed E-state index contributed by atoms with van der Waals surface area (Å²) in [6.45, 7) is 3.85. The van der Waals surface area contributed by atoms with Crippen LogP contribution in [0.3, 0.4) is 0 Å². The van der Waals surface area contributed by atoms with Crippen molar-refractivity contribution in [2.75, 3.05) is 18.4 Å². The van der Waals surface area contributed by atoms with Crippen LogP contribution in [0.4, 0.5) is 5.69 Å². The second-order valence-electron chi connectivity index (χ2n) is 6.74. The van der Waals surface area contributed by atoms with Gasteiger partial charge in [-0.15, -0.1) is 0 Å². The third kappa shape index (κ3) is 6.75. The van der Waals surface area contributed by atoms with Crippen LogP contribution in [0.2, 0.25) is 0 Å². The molecule has 0 radical (unpaired) electrons. The quantitative estimate of drug-likeness (QED) is 0.530. The van der Waals surface area contributed by atoms with Gasteiger partial charge in [0.05, 0.1) is 0 Å². The van der Waals surface area contributed by atoms with Crippen LogP contribution < -0.4 is 10.6 Å². The van der Waals surface area contributed by atoms with E-state index in [-0.39, 0.29) is 11.8 Å². The van der Waals surface area contributed by atoms with Gasteiger partial charge in [0.2, 0.25) is 5.91 Å². The normalized spacial score (nSPS) is 13.5. The fourth-order valence-electron chi connectivity index (χ4n) is 3.04. The summed E-state index contributed by atoms with van der Waals surface area (Å²) < 4.78 is 0. The highest BCUT2D eigenvalue weighted by Gasteiger charge is 2.19. The summed E-state index contributed by atoms with van der Waals surface area (Å²) in [7, 11) is 0. The predicted octanol–water partition coefficient (Wildman–Crippen LogP) is 4.10. The first-order chi connectivity index (χ1) is 12.6. The van der Waals surface area contributed by atoms with Gasteiger partial charge in [0.15, 0.2) is 5.11 Å². The van der Waals surface area contributed by atoms with Crippen LogP contribution in [0.1, 0.15) is 68.6 Å². The van der Waals surface area contributed by atoms with Gasteiger partial charge in [0, 0.05) is 30.8 Å². The predicted molar refractivity (Wildman–Crippen MR) is 109 cm³/mol. The first-order valence-electron chi connectivity index (χ1n) is 9.60. The molecular formula is C20H29N3O2S. The van der Waals surface area contributed by atoms with Gasteiger partial charge in [-0.25, -0.2) is 0 Å². The zero-order valence-electron chi connectivity index (χ0n) is 15.6. The number of thiocarbonyl (C=S) groups is 1. The van der Waals surface area contributed by atoms with E-state index in [1.165, 1.54) is 19.3 Å². The Bertz CT molecular complexity index is 610. The number of nitrogens with zero attached hydrogens (tertiary/aromatic N) is 1. The van der Waals surface area contributed by atoms with Crippen LogP contribution in [0.15, 0.2) is 24.3 Å². The Labute approximate surface area is 161 Å². The summed E-state index contributed by atoms with van der Waals surface area (Å²) in [4.78, 5) is 26.1. The third-order valence-corrected chi connectivity index (χ3v) is 4.75. The van der Waals surface area contributed by atoms with Crippen molar-refractivity contribution in [3.05, 3.63) is 29.8 Å². The molecule has 0 unspecified atom stereocenters. The smallest absolute Gasteiger partial charge is 0.253 e. The second kappa shape index (κ2) is 10.9. The van der Waals surface area contributed by atoms with E-state index >= 15 is 0 Å². The van der Waals surface area contributed by atoms with Gasteiger partial charge >= 0.3 is 0 Å². The summed E-state index contributed by atoms with van der Waals surface area (Å²) in [5, 5.41) is 6.00. The molecule has 0 aromatic heterocycles. The van der Waals surface area contributed by atoms with Crippen molar-refractivity contribution in [1.29, 1.82) is 0 Å². The average molecular weight is 376 g/mol. The summed E-state index contributed by atoms with van der Waals surface area (Å²) in [5.41, 5.74) is 1.44. The molecule has 0 saturated carbocycles. The summed E-state index contributed by atoms with van der Waals surface area (Å²) in [6.07, 6.45) is 8.22. The van der Waals surface area contributed by atoms with E-state index in [0.29, 0.717) is 17.1 Å². The van der Waals surface area contributed by atoms with Gasteiger partial charge in [-0.2, -0.15) is 0 Å². The number of rotatable bonds is 8. The molecule has 1 aliphatic heterocycles. The number of unbranched alkanes of at least 4 members (excludes halogenated alkanes) is 4. The lowest BCUT2D eigenvalue weighted by molar-refractivity contribution is -0.119. The van der Waals surface area contributed by atoms with E-state index in [9.17, 15) is 9.59 Å². The molecule has 1 fully saturated rings. The first kappa shape index (κ1) is 20.4. The monoisotopic (exact) mass is 375 g/mol. The summed E-state index contributed by atoms with van der Waals surface area (Å²) in [5.74, 6) is 0.0211. The van der Waals surface area contributed by atoms with Crippen molar-refractivity contribution in [3.63, 3.8) is 0 Å². The second-order valence-corrected chi connectivity index (χ2v) is 7.15. The van der Waals surface area contributed by atoms with Gasteiger partial charge in [0.25, 0.3) is 5.91 Å². The molecule has 2 amide bonds. The number of benzene rings is 1. The zero-order chi connectivity index (χ0) is 18.8. The Hall–Kier alpha value is -1.95. The van der Waals surface area contributed by atoms with E-state index in [4.69, 9.17) is 12.2 Å². The molecular weight excluding hydrogens is 346 g/mol. The molecule has 0 aliphatic carbocycles. The standard InChI is InChI=1S/C20H29N3O2S/c1-2-3-4-5-6-9-18(24)22-20(26)21-17-12-10-16(11-13-17)19(25)23-14-7-8-15-23/h10-13H,2-9,14-15H2,1H3,(H2,21,22,24,26). The highest BCUT2D eigenvalue weighted by atomic mass is 32.1. The maximum absolute atomic E-state index is 12.3. The van der Waals surface area contributed by atoms with Gasteiger partial charge in [-0.1, -0.05) is 32.6 Å². The van der Waals surface area contributed by atoms with Gasteiger partial charge < -0.3 is 15.5 Å². The maximum atomic E-state index is 12.3. The van der Waals surface area contributed by atoms with E-state index in [1.54, 1.807) is 12.1 Å². The van der Waals surface area contributed by atoms with Crippen molar-refractivity contribution in [1.82, 2.24) is 10.2 Å². The van der Waals surface area contributed by atoms with Crippen LogP contribution in [-0.2, 0) is 4.79 Å². The Morgan fingerprint density at radius 3 is 2.35 bits per heavy atom. The number of hydrogen-bond acceptors (Lipinski definition) is 3. The fraction of sp³-hybridized carbons (Fsp3) is 0.550. The highest BCUT2D eigenvalue weighted by Crippen LogP contribution is 2.15. The maximum Gasteiger partial charge on any atom is 0.253 e. The minimum atomic E-state index is -0.0557. The molecule has 0 spiro atoms. The lowest BCUT2D eigenvalue weighted by atomic mass is 10.1. The number of nitrogens with one attached hydrogen (secondary N) is 2. The first-order valence-corrected chi connectivity index (χ1v) is 10.0. The van der Waals surface area contributed by atoms with E-state index in [1.807, 2.05) is 17.0 Å². The molecule has 5 nitrogen and oxygen atoms in total. The lowest BCUT2D eigenvalue weighted by Crippen LogP contribution is -2.34. The molecule has 1 aromatic carbocycles. The van der Waals surface area contributed by atoms with Gasteiger partial charge in [-0.3, -0.25) is 9.59 Å². The topological polar surface area (TPSA) is 61.4 Å². The molecule has 2 rings (SSSR count). The van der Waals surface area contributed by atoms with E-state index < -0.39 is 0 Å². The number of carbonyl (C=O) groups excluding carboxylic acids is 2. The summed E-state index contributed by atoms with van der Waals surface area (Å²) in [6, 6.07) is 7.21. The van der Waals surface area contributed by atoms with Crippen LogP contribution in [0.5, 0.6) is 0 Å². The Kier molecular flexibility index (Phi) is 8.54. The van der Waals surface area contributed by atoms with Gasteiger partial charge in [-0.05, 0) is 55.7 Å². The molecule has 2 N–H and O–H groups in total. The Balaban J connectivity index is 1.73. The molecule has 1 heterocycles. The largest absolute Gasteiger partial charge is 0.339 e. The molecule has 6 heteroatoms. The van der Waals surface area contributed by atoms with Crippen molar-refractivity contribution >= 4 is 34.8 Å². The van der Waals surface area contributed by atoms with E-state index in [0.717, 1.165) is 44.5 Å². The number of hydrogen-bond donors (Lipinski definition) is 2. The van der Waals surface area contributed by atoms with Crippen LogP contribution in [-0.4, -0.2) is 34.9 Å². The van der Waals surface area contributed by atoms with E-state index in [2.05, 4.69) is 17.6 Å². The Morgan fingerprint density at radius 1 is 1.04 bits per heavy atom. The summed E-state index contributed by atoms with van der Waals surface area (Å²) >= 11 is 5.19. The number of carbonyl (C=O) groups is 2. The molecule has 1 aliphatic rings. The van der Waals surface area contributed by atoms with Crippen molar-refractivity contribution in [2.45, 2.75) is 58.3 Å². The van der Waals surface area contributed by atoms with Crippen molar-refractivity contribution < 1.29 is 9.59 Å². The molecule has 1 aromatic rings. The molecule has 0 atom stereocenters. The Morgan fingerprint density at radius 2 is 1.69 bits per heavy atom. The van der Waals surface area contributed by atoms with Crippen LogP contribution in [0, 0.1) is 0 Å². The molecule has 142 valence electrons. The SMILES string of the molecule is CCCCCCCC(=O)NC(=S)Nc1ccc(C(=O)N2CCCC2)cc1. The number of anilines is 1. The molecule has 26 heavy (non-hydrogen) atoms. The van der Waals surface area contributed by atoms with Gasteiger partial charge in [0.1, 0.15) is 0 Å². The lowest BCUT2D eigenvalue weighted by Gasteiger charge is -2.15. The minimum Gasteiger partial charge on any atom is -0.339 e. The average Bonchev–Trinajstić information content (AvgIpc) is 3.16. The fourth-order valence-corrected chi connectivity index (χ4v) is 3.27. The van der Waals surface area contributed by atoms with Crippen molar-refractivity contribution in [3.8, 4) is 0 Å². The number of likely N-dealkylation sites (tertiary alicyclic amines) is 1. The third-order valence-electron chi connectivity index (χ3n) is 4.54. The number of amides is 2.